The molecule has 1 rings (SSSR count). The Hall–Kier alpha value is 0.200. The van der Waals surface area contributed by atoms with E-state index in [2.05, 4.69) is 25.3 Å². The number of aliphatic hydroxyl groups excluding tert-OH is 1. The van der Waals surface area contributed by atoms with Gasteiger partial charge in [0, 0.05) is 24.0 Å². The molecule has 1 fully saturated rings. The highest BCUT2D eigenvalue weighted by molar-refractivity contribution is 5.85. The quantitative estimate of drug-likeness (QED) is 0.765. The van der Waals surface area contributed by atoms with Crippen LogP contribution in [-0.4, -0.2) is 41.8 Å². The molecule has 0 bridgehead atoms. The van der Waals surface area contributed by atoms with Gasteiger partial charge in [-0.3, -0.25) is 0 Å². The Bertz CT molecular complexity index is 244. The standard InChI is InChI=1S/C13H26N2O.2ClH/c1-4-6-13(11-16)7-5-8-15(10-13)9-12(2,3)14;;/h4,16H,1,5-11,14H2,2-3H3;2*1H. The molecule has 0 amide bonds. The number of allylic oxidation sites excluding steroid dienone is 1. The molecule has 5 heteroatoms. The van der Waals surface area contributed by atoms with Gasteiger partial charge in [-0.25, -0.2) is 0 Å². The van der Waals surface area contributed by atoms with Gasteiger partial charge in [0.1, 0.15) is 0 Å². The molecular weight excluding hydrogens is 271 g/mol. The van der Waals surface area contributed by atoms with Gasteiger partial charge < -0.3 is 15.7 Å². The first kappa shape index (κ1) is 20.5. The van der Waals surface area contributed by atoms with E-state index in [1.165, 1.54) is 0 Å². The monoisotopic (exact) mass is 298 g/mol. The summed E-state index contributed by atoms with van der Waals surface area (Å²) in [4.78, 5) is 2.38. The molecule has 1 heterocycles. The lowest BCUT2D eigenvalue weighted by atomic mass is 9.77. The summed E-state index contributed by atoms with van der Waals surface area (Å²) in [6, 6.07) is 0. The summed E-state index contributed by atoms with van der Waals surface area (Å²) in [5.41, 5.74) is 5.91. The lowest BCUT2D eigenvalue weighted by Crippen LogP contribution is -2.52. The van der Waals surface area contributed by atoms with Crippen LogP contribution in [0, 0.1) is 5.41 Å². The fraction of sp³-hybridized carbons (Fsp3) is 0.846. The second-order valence-electron chi connectivity index (χ2n) is 5.95. The van der Waals surface area contributed by atoms with E-state index in [9.17, 15) is 5.11 Å². The highest BCUT2D eigenvalue weighted by Crippen LogP contribution is 2.33. The minimum Gasteiger partial charge on any atom is -0.396 e. The Balaban J connectivity index is 0. The molecule has 0 aromatic heterocycles. The Kier molecular flexibility index (Phi) is 9.56. The van der Waals surface area contributed by atoms with Crippen molar-refractivity contribution in [2.24, 2.45) is 11.1 Å². The van der Waals surface area contributed by atoms with Crippen molar-refractivity contribution < 1.29 is 5.11 Å². The molecule has 1 atom stereocenters. The third-order valence-electron chi connectivity index (χ3n) is 3.28. The summed E-state index contributed by atoms with van der Waals surface area (Å²) in [7, 11) is 0. The van der Waals surface area contributed by atoms with Crippen molar-refractivity contribution in [1.29, 1.82) is 0 Å². The van der Waals surface area contributed by atoms with Crippen LogP contribution in [0.15, 0.2) is 12.7 Å². The molecule has 1 aliphatic heterocycles. The minimum absolute atomic E-state index is 0. The predicted molar refractivity (Wildman–Crippen MR) is 82.8 cm³/mol. The summed E-state index contributed by atoms with van der Waals surface area (Å²) in [5.74, 6) is 0. The summed E-state index contributed by atoms with van der Waals surface area (Å²) in [5, 5.41) is 9.58. The van der Waals surface area contributed by atoms with Crippen molar-refractivity contribution in [1.82, 2.24) is 4.90 Å². The van der Waals surface area contributed by atoms with Crippen molar-refractivity contribution in [3.8, 4) is 0 Å². The van der Waals surface area contributed by atoms with E-state index in [1.807, 2.05) is 6.08 Å². The summed E-state index contributed by atoms with van der Waals surface area (Å²) < 4.78 is 0. The molecule has 0 aromatic carbocycles. The average molecular weight is 299 g/mol. The van der Waals surface area contributed by atoms with E-state index >= 15 is 0 Å². The molecule has 110 valence electrons. The first-order chi connectivity index (χ1) is 7.41. The molecule has 0 aliphatic carbocycles. The SMILES string of the molecule is C=CCC1(CO)CCCN(CC(C)(C)N)C1.Cl.Cl. The third kappa shape index (κ3) is 6.39. The molecule has 0 saturated carbocycles. The zero-order valence-electron chi connectivity index (χ0n) is 11.5. The Morgan fingerprint density at radius 2 is 2.06 bits per heavy atom. The Labute approximate surface area is 124 Å². The second kappa shape index (κ2) is 8.39. The molecule has 0 spiro atoms. The van der Waals surface area contributed by atoms with E-state index in [1.54, 1.807) is 0 Å². The Morgan fingerprint density at radius 1 is 1.44 bits per heavy atom. The number of nitrogens with two attached hydrogens (primary N) is 1. The maximum absolute atomic E-state index is 9.58. The molecule has 1 aliphatic rings. The normalized spacial score (nSPS) is 24.9. The van der Waals surface area contributed by atoms with Crippen LogP contribution < -0.4 is 5.73 Å². The molecule has 0 radical (unpaired) electrons. The summed E-state index contributed by atoms with van der Waals surface area (Å²) in [6.07, 6.45) is 5.06. The number of piperidine rings is 1. The van der Waals surface area contributed by atoms with Crippen molar-refractivity contribution in [2.45, 2.75) is 38.6 Å². The fourth-order valence-electron chi connectivity index (χ4n) is 2.69. The number of aliphatic hydroxyl groups is 1. The molecule has 1 saturated heterocycles. The van der Waals surface area contributed by atoms with Crippen molar-refractivity contribution in [2.75, 3.05) is 26.2 Å². The maximum Gasteiger partial charge on any atom is 0.0502 e. The molecule has 0 aromatic rings. The van der Waals surface area contributed by atoms with Crippen LogP contribution in [0.3, 0.4) is 0 Å². The van der Waals surface area contributed by atoms with Crippen LogP contribution in [0.4, 0.5) is 0 Å². The van der Waals surface area contributed by atoms with Gasteiger partial charge in [0.05, 0.1) is 6.61 Å². The molecule has 3 N–H and O–H groups in total. The van der Waals surface area contributed by atoms with Crippen molar-refractivity contribution in [3.63, 3.8) is 0 Å². The van der Waals surface area contributed by atoms with Crippen LogP contribution in [0.2, 0.25) is 0 Å². The van der Waals surface area contributed by atoms with Crippen LogP contribution in [0.5, 0.6) is 0 Å². The highest BCUT2D eigenvalue weighted by atomic mass is 35.5. The average Bonchev–Trinajstić information content (AvgIpc) is 2.16. The predicted octanol–water partition coefficient (Wildman–Crippen LogP) is 2.22. The molecule has 18 heavy (non-hydrogen) atoms. The smallest absolute Gasteiger partial charge is 0.0502 e. The van der Waals surface area contributed by atoms with Crippen LogP contribution in [0.25, 0.3) is 0 Å². The van der Waals surface area contributed by atoms with Gasteiger partial charge in [0.2, 0.25) is 0 Å². The van der Waals surface area contributed by atoms with Crippen molar-refractivity contribution >= 4 is 24.8 Å². The van der Waals surface area contributed by atoms with E-state index in [0.29, 0.717) is 0 Å². The van der Waals surface area contributed by atoms with Crippen LogP contribution in [-0.2, 0) is 0 Å². The number of likely N-dealkylation sites (tertiary alicyclic amines) is 1. The maximum atomic E-state index is 9.58. The zero-order valence-corrected chi connectivity index (χ0v) is 13.2. The van der Waals surface area contributed by atoms with E-state index in [0.717, 1.165) is 38.9 Å². The molecule has 1 unspecified atom stereocenters. The second-order valence-corrected chi connectivity index (χ2v) is 5.95. The van der Waals surface area contributed by atoms with E-state index < -0.39 is 0 Å². The van der Waals surface area contributed by atoms with Crippen molar-refractivity contribution in [3.05, 3.63) is 12.7 Å². The number of rotatable bonds is 5. The van der Waals surface area contributed by atoms with E-state index in [-0.39, 0.29) is 42.4 Å². The Morgan fingerprint density at radius 3 is 2.50 bits per heavy atom. The summed E-state index contributed by atoms with van der Waals surface area (Å²) in [6.45, 7) is 11.1. The van der Waals surface area contributed by atoms with Gasteiger partial charge in [0.15, 0.2) is 0 Å². The number of nitrogens with zero attached hydrogens (tertiary/aromatic N) is 1. The van der Waals surface area contributed by atoms with Gasteiger partial charge in [-0.05, 0) is 39.7 Å². The van der Waals surface area contributed by atoms with Gasteiger partial charge >= 0.3 is 0 Å². The van der Waals surface area contributed by atoms with Gasteiger partial charge in [-0.2, -0.15) is 0 Å². The molecule has 3 nitrogen and oxygen atoms in total. The molecular formula is C13H28Cl2N2O. The lowest BCUT2D eigenvalue weighted by Gasteiger charge is -2.43. The van der Waals surface area contributed by atoms with Crippen LogP contribution >= 0.6 is 24.8 Å². The third-order valence-corrected chi connectivity index (χ3v) is 3.28. The first-order valence-electron chi connectivity index (χ1n) is 6.14. The topological polar surface area (TPSA) is 49.5 Å². The largest absolute Gasteiger partial charge is 0.396 e. The van der Waals surface area contributed by atoms with Crippen LogP contribution in [0.1, 0.15) is 33.1 Å². The number of halogens is 2. The number of hydrogen-bond donors (Lipinski definition) is 2. The highest BCUT2D eigenvalue weighted by Gasteiger charge is 2.34. The zero-order chi connectivity index (χ0) is 12.2. The minimum atomic E-state index is -0.160. The van der Waals surface area contributed by atoms with E-state index in [4.69, 9.17) is 5.73 Å². The lowest BCUT2D eigenvalue weighted by molar-refractivity contribution is 0.0272. The van der Waals surface area contributed by atoms with Gasteiger partial charge in [0.25, 0.3) is 0 Å². The fourth-order valence-corrected chi connectivity index (χ4v) is 2.69. The van der Waals surface area contributed by atoms with Gasteiger partial charge in [-0.15, -0.1) is 31.4 Å². The first-order valence-corrected chi connectivity index (χ1v) is 6.14. The summed E-state index contributed by atoms with van der Waals surface area (Å²) >= 11 is 0. The van der Waals surface area contributed by atoms with Gasteiger partial charge in [-0.1, -0.05) is 6.08 Å². The number of hydrogen-bond acceptors (Lipinski definition) is 3.